The van der Waals surface area contributed by atoms with E-state index in [0.717, 1.165) is 6.26 Å². The van der Waals surface area contributed by atoms with Crippen molar-refractivity contribution in [1.82, 2.24) is 0 Å². The van der Waals surface area contributed by atoms with Crippen LogP contribution in [0.1, 0.15) is 20.8 Å². The van der Waals surface area contributed by atoms with Gasteiger partial charge in [-0.05, 0) is 29.7 Å². The number of anilines is 1. The number of hydrogen-bond acceptors (Lipinski definition) is 4. The zero-order valence-electron chi connectivity index (χ0n) is 11.6. The number of carbonyl (C=O) groups excluding carboxylic acids is 1. The second-order valence-corrected chi connectivity index (χ2v) is 7.65. The van der Waals surface area contributed by atoms with Crippen LogP contribution in [0.5, 0.6) is 0 Å². The highest BCUT2D eigenvalue weighted by molar-refractivity contribution is 7.90. The molecule has 0 aliphatic rings. The maximum Gasteiger partial charge on any atom is 0.241 e. The third kappa shape index (κ3) is 4.33. The van der Waals surface area contributed by atoms with Crippen LogP contribution in [0.25, 0.3) is 0 Å². The van der Waals surface area contributed by atoms with Crippen LogP contribution in [-0.2, 0) is 14.6 Å². The van der Waals surface area contributed by atoms with Crippen molar-refractivity contribution in [3.8, 4) is 0 Å². The number of amides is 1. The highest BCUT2D eigenvalue weighted by Gasteiger charge is 2.27. The Morgan fingerprint density at radius 2 is 1.68 bits per heavy atom. The fourth-order valence-electron chi connectivity index (χ4n) is 1.40. The average molecular weight is 284 g/mol. The summed E-state index contributed by atoms with van der Waals surface area (Å²) in [4.78, 5) is 12.1. The van der Waals surface area contributed by atoms with Gasteiger partial charge in [0, 0.05) is 11.9 Å². The third-order valence-electron chi connectivity index (χ3n) is 2.77. The third-order valence-corrected chi connectivity index (χ3v) is 3.89. The Kier molecular flexibility index (Phi) is 4.37. The first-order chi connectivity index (χ1) is 8.51. The van der Waals surface area contributed by atoms with Crippen molar-refractivity contribution >= 4 is 21.4 Å². The number of nitrogens with one attached hydrogen (secondary N) is 1. The van der Waals surface area contributed by atoms with Crippen LogP contribution in [-0.4, -0.2) is 26.6 Å². The summed E-state index contributed by atoms with van der Waals surface area (Å²) in [7, 11) is -3.23. The molecule has 0 radical (unpaired) electrons. The average Bonchev–Trinajstić information content (AvgIpc) is 2.26. The molecule has 0 heterocycles. The normalized spacial score (nSPS) is 13.9. The molecule has 0 spiro atoms. The standard InChI is InChI=1S/C13H20N2O3S/c1-13(2,3)11(14)12(16)15-9-5-7-10(8-6-9)19(4,17)18/h5-8,11H,14H2,1-4H3,(H,15,16)/t11-/m0/s1. The van der Waals surface area contributed by atoms with Gasteiger partial charge in [0.2, 0.25) is 5.91 Å². The smallest absolute Gasteiger partial charge is 0.241 e. The molecule has 1 aromatic carbocycles. The molecular weight excluding hydrogens is 264 g/mol. The van der Waals surface area contributed by atoms with Crippen molar-refractivity contribution in [1.29, 1.82) is 0 Å². The van der Waals surface area contributed by atoms with E-state index in [9.17, 15) is 13.2 Å². The molecule has 3 N–H and O–H groups in total. The molecule has 106 valence electrons. The number of benzene rings is 1. The molecule has 0 aromatic heterocycles. The summed E-state index contributed by atoms with van der Waals surface area (Å²) in [5.41, 5.74) is 6.02. The Morgan fingerprint density at radius 1 is 1.21 bits per heavy atom. The second kappa shape index (κ2) is 5.30. The van der Waals surface area contributed by atoms with Gasteiger partial charge in [-0.3, -0.25) is 4.79 Å². The lowest BCUT2D eigenvalue weighted by Gasteiger charge is -2.25. The molecule has 0 unspecified atom stereocenters. The van der Waals surface area contributed by atoms with E-state index in [1.807, 2.05) is 20.8 Å². The molecule has 1 aromatic rings. The summed E-state index contributed by atoms with van der Waals surface area (Å²) in [6.07, 6.45) is 1.14. The molecule has 0 aliphatic carbocycles. The number of carbonyl (C=O) groups is 1. The van der Waals surface area contributed by atoms with Gasteiger partial charge in [0.1, 0.15) is 0 Å². The lowest BCUT2D eigenvalue weighted by molar-refractivity contribution is -0.119. The van der Waals surface area contributed by atoms with E-state index >= 15 is 0 Å². The number of nitrogens with two attached hydrogens (primary N) is 1. The summed E-state index contributed by atoms with van der Waals surface area (Å²) in [6.45, 7) is 5.64. The minimum atomic E-state index is -3.23. The molecular formula is C13H20N2O3S. The molecule has 6 heteroatoms. The Hall–Kier alpha value is -1.40. The van der Waals surface area contributed by atoms with Gasteiger partial charge in [0.05, 0.1) is 10.9 Å². The van der Waals surface area contributed by atoms with E-state index in [4.69, 9.17) is 5.73 Å². The van der Waals surface area contributed by atoms with Crippen LogP contribution in [0.15, 0.2) is 29.2 Å². The van der Waals surface area contributed by atoms with Gasteiger partial charge >= 0.3 is 0 Å². The largest absolute Gasteiger partial charge is 0.325 e. The number of rotatable bonds is 3. The van der Waals surface area contributed by atoms with Crippen LogP contribution in [0.3, 0.4) is 0 Å². The van der Waals surface area contributed by atoms with Crippen LogP contribution < -0.4 is 11.1 Å². The van der Waals surface area contributed by atoms with Crippen molar-refractivity contribution in [3.05, 3.63) is 24.3 Å². The molecule has 1 rings (SSSR count). The number of hydrogen-bond donors (Lipinski definition) is 2. The quantitative estimate of drug-likeness (QED) is 0.878. The molecule has 1 amide bonds. The molecule has 19 heavy (non-hydrogen) atoms. The van der Waals surface area contributed by atoms with Gasteiger partial charge < -0.3 is 11.1 Å². The number of sulfone groups is 1. The predicted molar refractivity (Wildman–Crippen MR) is 75.6 cm³/mol. The molecule has 0 aliphatic heterocycles. The van der Waals surface area contributed by atoms with E-state index in [-0.39, 0.29) is 16.2 Å². The van der Waals surface area contributed by atoms with Gasteiger partial charge in [-0.15, -0.1) is 0 Å². The van der Waals surface area contributed by atoms with Crippen LogP contribution in [0, 0.1) is 5.41 Å². The maximum atomic E-state index is 11.9. The van der Waals surface area contributed by atoms with Gasteiger partial charge in [-0.1, -0.05) is 20.8 Å². The zero-order chi connectivity index (χ0) is 14.8. The Labute approximate surface area is 114 Å². The van der Waals surface area contributed by atoms with Crippen molar-refractivity contribution in [2.45, 2.75) is 31.7 Å². The Bertz CT molecular complexity index is 557. The van der Waals surface area contributed by atoms with Crippen molar-refractivity contribution < 1.29 is 13.2 Å². The Morgan fingerprint density at radius 3 is 2.05 bits per heavy atom. The molecule has 0 bridgehead atoms. The summed E-state index contributed by atoms with van der Waals surface area (Å²) in [5, 5.41) is 2.67. The van der Waals surface area contributed by atoms with Gasteiger partial charge in [0.15, 0.2) is 9.84 Å². The molecule has 0 saturated heterocycles. The van der Waals surface area contributed by atoms with Crippen molar-refractivity contribution in [2.75, 3.05) is 11.6 Å². The summed E-state index contributed by atoms with van der Waals surface area (Å²) >= 11 is 0. The minimum absolute atomic E-state index is 0.214. The SMILES string of the molecule is CC(C)(C)[C@@H](N)C(=O)Nc1ccc(S(C)(=O)=O)cc1. The van der Waals surface area contributed by atoms with Crippen LogP contribution in [0.4, 0.5) is 5.69 Å². The summed E-state index contributed by atoms with van der Waals surface area (Å²) in [5.74, 6) is -0.292. The summed E-state index contributed by atoms with van der Waals surface area (Å²) in [6, 6.07) is 5.36. The first kappa shape index (κ1) is 15.7. The molecule has 1 atom stereocenters. The lowest BCUT2D eigenvalue weighted by Crippen LogP contribution is -2.45. The molecule has 5 nitrogen and oxygen atoms in total. The van der Waals surface area contributed by atoms with Crippen LogP contribution >= 0.6 is 0 Å². The van der Waals surface area contributed by atoms with E-state index in [1.54, 1.807) is 12.1 Å². The van der Waals surface area contributed by atoms with Crippen molar-refractivity contribution in [3.63, 3.8) is 0 Å². The first-order valence-electron chi connectivity index (χ1n) is 5.88. The summed E-state index contributed by atoms with van der Waals surface area (Å²) < 4.78 is 22.6. The zero-order valence-corrected chi connectivity index (χ0v) is 12.4. The topological polar surface area (TPSA) is 89.3 Å². The molecule has 0 fully saturated rings. The van der Waals surface area contributed by atoms with Crippen molar-refractivity contribution in [2.24, 2.45) is 11.1 Å². The predicted octanol–water partition coefficient (Wildman–Crippen LogP) is 1.40. The van der Waals surface area contributed by atoms with Gasteiger partial charge in [0.25, 0.3) is 0 Å². The van der Waals surface area contributed by atoms with E-state index in [0.29, 0.717) is 5.69 Å². The minimum Gasteiger partial charge on any atom is -0.325 e. The second-order valence-electron chi connectivity index (χ2n) is 5.63. The van der Waals surface area contributed by atoms with E-state index < -0.39 is 15.9 Å². The highest BCUT2D eigenvalue weighted by atomic mass is 32.2. The highest BCUT2D eigenvalue weighted by Crippen LogP contribution is 2.19. The fraction of sp³-hybridized carbons (Fsp3) is 0.462. The van der Waals surface area contributed by atoms with Gasteiger partial charge in [-0.2, -0.15) is 0 Å². The van der Waals surface area contributed by atoms with Crippen LogP contribution in [0.2, 0.25) is 0 Å². The first-order valence-corrected chi connectivity index (χ1v) is 7.77. The lowest BCUT2D eigenvalue weighted by atomic mass is 9.87. The van der Waals surface area contributed by atoms with E-state index in [2.05, 4.69) is 5.32 Å². The van der Waals surface area contributed by atoms with E-state index in [1.165, 1.54) is 12.1 Å². The Balaban J connectivity index is 2.82. The van der Waals surface area contributed by atoms with Gasteiger partial charge in [-0.25, -0.2) is 8.42 Å². The molecule has 0 saturated carbocycles. The monoisotopic (exact) mass is 284 g/mol. The fourth-order valence-corrected chi connectivity index (χ4v) is 2.03. The maximum absolute atomic E-state index is 11.9.